The van der Waals surface area contributed by atoms with E-state index in [1.807, 2.05) is 0 Å². The first-order valence-electron chi connectivity index (χ1n) is 7.36. The monoisotopic (exact) mass is 441 g/mol. The van der Waals surface area contributed by atoms with E-state index < -0.39 is 28.4 Å². The van der Waals surface area contributed by atoms with Crippen LogP contribution in [0.5, 0.6) is 5.75 Å². The smallest absolute Gasteiger partial charge is 0.338 e. The molecule has 0 fully saturated rings. The van der Waals surface area contributed by atoms with Crippen LogP contribution in [0.25, 0.3) is 0 Å². The lowest BCUT2D eigenvalue weighted by molar-refractivity contribution is 0.0474. The first-order chi connectivity index (χ1) is 12.3. The van der Waals surface area contributed by atoms with Gasteiger partial charge < -0.3 is 9.47 Å². The van der Waals surface area contributed by atoms with Crippen LogP contribution in [0.3, 0.4) is 0 Å². The van der Waals surface area contributed by atoms with Crippen molar-refractivity contribution >= 4 is 37.7 Å². The summed E-state index contributed by atoms with van der Waals surface area (Å²) in [6.07, 6.45) is 0. The van der Waals surface area contributed by atoms with Crippen LogP contribution in [0, 0.1) is 0 Å². The fourth-order valence-corrected chi connectivity index (χ4v) is 3.36. The Bertz CT molecular complexity index is 942. The van der Waals surface area contributed by atoms with E-state index in [1.54, 1.807) is 18.2 Å². The molecule has 0 aliphatic carbocycles. The number of hydrogen-bond acceptors (Lipinski definition) is 6. The summed E-state index contributed by atoms with van der Waals surface area (Å²) in [6.45, 7) is -0.472. The first-order valence-corrected chi connectivity index (χ1v) is 9.63. The van der Waals surface area contributed by atoms with Gasteiger partial charge >= 0.3 is 5.97 Å². The highest BCUT2D eigenvalue weighted by molar-refractivity contribution is 9.10. The van der Waals surface area contributed by atoms with Gasteiger partial charge in [-0.2, -0.15) is 0 Å². The van der Waals surface area contributed by atoms with Crippen LogP contribution in [0.2, 0.25) is 0 Å². The van der Waals surface area contributed by atoms with Crippen molar-refractivity contribution < 1.29 is 27.5 Å². The molecule has 2 aromatic carbocycles. The Morgan fingerprint density at radius 1 is 1.12 bits per heavy atom. The number of sulfonamides is 1. The van der Waals surface area contributed by atoms with E-state index in [9.17, 15) is 18.0 Å². The van der Waals surface area contributed by atoms with Crippen LogP contribution in [0.1, 0.15) is 20.7 Å². The summed E-state index contributed by atoms with van der Waals surface area (Å²) >= 11 is 3.28. The zero-order valence-electron chi connectivity index (χ0n) is 14.0. The molecule has 0 saturated heterocycles. The summed E-state index contributed by atoms with van der Waals surface area (Å²) in [5, 5.41) is 0. The molecule has 0 saturated carbocycles. The molecule has 0 unspecified atom stereocenters. The lowest BCUT2D eigenvalue weighted by Crippen LogP contribution is -2.19. The zero-order valence-corrected chi connectivity index (χ0v) is 16.4. The van der Waals surface area contributed by atoms with Crippen molar-refractivity contribution in [3.8, 4) is 5.75 Å². The Morgan fingerprint density at radius 3 is 2.46 bits per heavy atom. The Labute approximate surface area is 159 Å². The fourth-order valence-electron chi connectivity index (χ4n) is 2.05. The van der Waals surface area contributed by atoms with E-state index in [2.05, 4.69) is 20.7 Å². The van der Waals surface area contributed by atoms with Crippen molar-refractivity contribution in [1.29, 1.82) is 0 Å². The number of carbonyl (C=O) groups excluding carboxylic acids is 2. The van der Waals surface area contributed by atoms with Crippen LogP contribution < -0.4 is 9.46 Å². The normalized spacial score (nSPS) is 11.0. The topological polar surface area (TPSA) is 98.8 Å². The van der Waals surface area contributed by atoms with Gasteiger partial charge in [0.2, 0.25) is 10.0 Å². The minimum absolute atomic E-state index is 0.0324. The third-order valence-corrected chi connectivity index (χ3v) is 5.49. The van der Waals surface area contributed by atoms with Crippen LogP contribution in [-0.4, -0.2) is 40.9 Å². The van der Waals surface area contributed by atoms with E-state index in [0.717, 1.165) is 0 Å². The van der Waals surface area contributed by atoms with Gasteiger partial charge in [0.15, 0.2) is 12.4 Å². The Kier molecular flexibility index (Phi) is 6.52. The molecular weight excluding hydrogens is 426 g/mol. The first kappa shape index (κ1) is 20.1. The van der Waals surface area contributed by atoms with E-state index >= 15 is 0 Å². The number of hydrogen-bond donors (Lipinski definition) is 1. The standard InChI is InChI=1S/C17H16BrNO6S/c1-19-26(22,23)13-5-3-4-12(8-13)17(21)25-10-15(20)11-6-7-16(24-2)14(18)9-11/h3-9,19H,10H2,1-2H3. The van der Waals surface area contributed by atoms with Crippen LogP contribution in [0.4, 0.5) is 0 Å². The van der Waals surface area contributed by atoms with Gasteiger partial charge in [0.1, 0.15) is 5.75 Å². The molecule has 0 aliphatic heterocycles. The summed E-state index contributed by atoms with van der Waals surface area (Å²) in [4.78, 5) is 24.2. The molecule has 9 heteroatoms. The minimum Gasteiger partial charge on any atom is -0.496 e. The third-order valence-electron chi connectivity index (χ3n) is 3.46. The molecular formula is C17H16BrNO6S. The number of rotatable bonds is 7. The largest absolute Gasteiger partial charge is 0.496 e. The summed E-state index contributed by atoms with van der Waals surface area (Å²) in [6, 6.07) is 10.1. The molecule has 0 atom stereocenters. The van der Waals surface area contributed by atoms with E-state index in [1.165, 1.54) is 38.4 Å². The van der Waals surface area contributed by atoms with Gasteiger partial charge in [-0.15, -0.1) is 0 Å². The fraction of sp³-hybridized carbons (Fsp3) is 0.176. The van der Waals surface area contributed by atoms with Gasteiger partial charge in [-0.3, -0.25) is 4.79 Å². The number of nitrogens with one attached hydrogen (secondary N) is 1. The summed E-state index contributed by atoms with van der Waals surface area (Å²) in [5.41, 5.74) is 0.377. The lowest BCUT2D eigenvalue weighted by atomic mass is 10.1. The van der Waals surface area contributed by atoms with E-state index in [-0.39, 0.29) is 10.5 Å². The van der Waals surface area contributed by atoms with Gasteiger partial charge in [0, 0.05) is 5.56 Å². The van der Waals surface area contributed by atoms with Crippen LogP contribution in [-0.2, 0) is 14.8 Å². The van der Waals surface area contributed by atoms with E-state index in [4.69, 9.17) is 9.47 Å². The molecule has 2 rings (SSSR count). The summed E-state index contributed by atoms with van der Waals surface area (Å²) < 4.78 is 36.4. The zero-order chi connectivity index (χ0) is 19.3. The van der Waals surface area contributed by atoms with Gasteiger partial charge in [0.25, 0.3) is 0 Å². The second-order valence-electron chi connectivity index (χ2n) is 5.08. The number of halogens is 1. The molecule has 2 aromatic rings. The minimum atomic E-state index is -3.68. The molecule has 0 radical (unpaired) electrons. The van der Waals surface area contributed by atoms with Crippen molar-refractivity contribution in [2.45, 2.75) is 4.90 Å². The number of carbonyl (C=O) groups is 2. The number of ketones is 1. The Morgan fingerprint density at radius 2 is 1.85 bits per heavy atom. The maximum absolute atomic E-state index is 12.2. The Balaban J connectivity index is 2.08. The molecule has 138 valence electrons. The lowest BCUT2D eigenvalue weighted by Gasteiger charge is -2.08. The predicted octanol–water partition coefficient (Wildman–Crippen LogP) is 2.41. The highest BCUT2D eigenvalue weighted by Gasteiger charge is 2.17. The van der Waals surface area contributed by atoms with Crippen molar-refractivity contribution in [1.82, 2.24) is 4.72 Å². The molecule has 0 bridgehead atoms. The second-order valence-corrected chi connectivity index (χ2v) is 7.82. The van der Waals surface area contributed by atoms with Crippen LogP contribution in [0.15, 0.2) is 51.8 Å². The van der Waals surface area contributed by atoms with Gasteiger partial charge in [-0.25, -0.2) is 17.9 Å². The van der Waals surface area contributed by atoms with Crippen LogP contribution >= 0.6 is 15.9 Å². The molecule has 1 N–H and O–H groups in total. The van der Waals surface area contributed by atoms with Crippen molar-refractivity contribution in [3.05, 3.63) is 58.1 Å². The molecule has 0 amide bonds. The van der Waals surface area contributed by atoms with Crippen molar-refractivity contribution in [2.24, 2.45) is 0 Å². The van der Waals surface area contributed by atoms with Gasteiger partial charge in [-0.1, -0.05) is 6.07 Å². The molecule has 0 spiro atoms. The quantitative estimate of drug-likeness (QED) is 0.523. The van der Waals surface area contributed by atoms with Crippen molar-refractivity contribution in [2.75, 3.05) is 20.8 Å². The number of ether oxygens (including phenoxy) is 2. The van der Waals surface area contributed by atoms with Crippen molar-refractivity contribution in [3.63, 3.8) is 0 Å². The average molecular weight is 442 g/mol. The second kappa shape index (κ2) is 8.43. The van der Waals surface area contributed by atoms with E-state index in [0.29, 0.717) is 15.8 Å². The molecule has 0 aliphatic rings. The highest BCUT2D eigenvalue weighted by Crippen LogP contribution is 2.25. The summed E-state index contributed by atoms with van der Waals surface area (Å²) in [7, 11) is -0.906. The summed E-state index contributed by atoms with van der Waals surface area (Å²) in [5.74, 6) is -0.624. The number of benzene rings is 2. The third kappa shape index (κ3) is 4.69. The number of methoxy groups -OCH3 is 1. The molecule has 0 aromatic heterocycles. The molecule has 26 heavy (non-hydrogen) atoms. The number of esters is 1. The van der Waals surface area contributed by atoms with Gasteiger partial charge in [-0.05, 0) is 59.4 Å². The SMILES string of the molecule is CNS(=O)(=O)c1cccc(C(=O)OCC(=O)c2ccc(OC)c(Br)c2)c1. The average Bonchev–Trinajstić information content (AvgIpc) is 2.65. The molecule has 7 nitrogen and oxygen atoms in total. The molecule has 0 heterocycles. The number of Topliss-reactive ketones (excluding diaryl/α,β-unsaturated/α-hetero) is 1. The maximum atomic E-state index is 12.2. The predicted molar refractivity (Wildman–Crippen MR) is 98.0 cm³/mol. The van der Waals surface area contributed by atoms with Gasteiger partial charge in [0.05, 0.1) is 22.0 Å². The Hall–Kier alpha value is -2.23. The maximum Gasteiger partial charge on any atom is 0.338 e. The highest BCUT2D eigenvalue weighted by atomic mass is 79.9.